The summed E-state index contributed by atoms with van der Waals surface area (Å²) in [5.74, 6) is 0.732. The summed E-state index contributed by atoms with van der Waals surface area (Å²) in [6.07, 6.45) is 10.7. The van der Waals surface area contributed by atoms with E-state index in [0.717, 1.165) is 38.1 Å². The number of methoxy groups -OCH3 is 1. The summed E-state index contributed by atoms with van der Waals surface area (Å²) < 4.78 is 5.02. The smallest absolute Gasteiger partial charge is 0.251 e. The van der Waals surface area contributed by atoms with Crippen molar-refractivity contribution in [3.63, 3.8) is 0 Å². The van der Waals surface area contributed by atoms with Crippen molar-refractivity contribution in [3.8, 4) is 0 Å². The van der Waals surface area contributed by atoms with Gasteiger partial charge < -0.3 is 15.0 Å². The van der Waals surface area contributed by atoms with Crippen LogP contribution in [0.3, 0.4) is 0 Å². The number of nitrogens with zero attached hydrogens (tertiary/aromatic N) is 1. The molecule has 0 saturated carbocycles. The SMILES string of the molecule is COCCCNCC1=CC2=CC=CC3CCN(C1=O)C23. The molecule has 2 atom stereocenters. The van der Waals surface area contributed by atoms with Crippen molar-refractivity contribution in [2.24, 2.45) is 5.92 Å². The Morgan fingerprint density at radius 3 is 3.25 bits per heavy atom. The zero-order chi connectivity index (χ0) is 13.9. The molecule has 1 N–H and O–H groups in total. The van der Waals surface area contributed by atoms with Crippen LogP contribution in [0.2, 0.25) is 0 Å². The van der Waals surface area contributed by atoms with Crippen molar-refractivity contribution in [2.45, 2.75) is 18.9 Å². The zero-order valence-electron chi connectivity index (χ0n) is 12.0. The van der Waals surface area contributed by atoms with Gasteiger partial charge in [-0.15, -0.1) is 0 Å². The molecule has 1 aliphatic carbocycles. The molecule has 108 valence electrons. The first-order valence-electron chi connectivity index (χ1n) is 7.41. The van der Waals surface area contributed by atoms with Crippen LogP contribution in [0.4, 0.5) is 0 Å². The van der Waals surface area contributed by atoms with Crippen LogP contribution >= 0.6 is 0 Å². The summed E-state index contributed by atoms with van der Waals surface area (Å²) in [5, 5.41) is 3.33. The number of ether oxygens (including phenoxy) is 1. The summed E-state index contributed by atoms with van der Waals surface area (Å²) in [5.41, 5.74) is 2.18. The predicted molar refractivity (Wildman–Crippen MR) is 78.3 cm³/mol. The fraction of sp³-hybridized carbons (Fsp3) is 0.562. The van der Waals surface area contributed by atoms with E-state index in [2.05, 4.69) is 29.6 Å². The monoisotopic (exact) mass is 274 g/mol. The van der Waals surface area contributed by atoms with E-state index in [1.807, 2.05) is 4.90 Å². The molecule has 0 aromatic carbocycles. The second-order valence-electron chi connectivity index (χ2n) is 5.64. The van der Waals surface area contributed by atoms with Crippen LogP contribution in [-0.2, 0) is 9.53 Å². The Labute approximate surface area is 120 Å². The second kappa shape index (κ2) is 5.94. The Hall–Kier alpha value is -1.39. The zero-order valence-corrected chi connectivity index (χ0v) is 12.0. The van der Waals surface area contributed by atoms with Crippen molar-refractivity contribution in [1.82, 2.24) is 10.2 Å². The van der Waals surface area contributed by atoms with Gasteiger partial charge in [-0.05, 0) is 31.0 Å². The molecule has 0 aromatic heterocycles. The molecule has 2 heterocycles. The molecule has 20 heavy (non-hydrogen) atoms. The topological polar surface area (TPSA) is 41.6 Å². The average molecular weight is 274 g/mol. The Kier molecular flexibility index (Phi) is 4.03. The van der Waals surface area contributed by atoms with Crippen LogP contribution in [0.25, 0.3) is 0 Å². The minimum absolute atomic E-state index is 0.212. The molecule has 2 aliphatic heterocycles. The van der Waals surface area contributed by atoms with E-state index in [-0.39, 0.29) is 5.91 Å². The van der Waals surface area contributed by atoms with Gasteiger partial charge in [-0.1, -0.05) is 18.2 Å². The lowest BCUT2D eigenvalue weighted by Crippen LogP contribution is -2.44. The standard InChI is InChI=1S/C16H22N2O2/c1-20-9-3-7-17-11-14-10-13-5-2-4-12-6-8-18(15(12)13)16(14)19/h2,4-5,10,12,15,17H,3,6-9,11H2,1H3. The van der Waals surface area contributed by atoms with Gasteiger partial charge in [0.25, 0.3) is 5.91 Å². The highest BCUT2D eigenvalue weighted by atomic mass is 16.5. The van der Waals surface area contributed by atoms with Gasteiger partial charge in [0.1, 0.15) is 0 Å². The molecule has 1 saturated heterocycles. The maximum atomic E-state index is 12.5. The fourth-order valence-electron chi connectivity index (χ4n) is 3.35. The van der Waals surface area contributed by atoms with E-state index in [9.17, 15) is 4.79 Å². The highest BCUT2D eigenvalue weighted by molar-refractivity contribution is 5.97. The maximum Gasteiger partial charge on any atom is 0.251 e. The first kappa shape index (κ1) is 13.6. The predicted octanol–water partition coefficient (Wildman–Crippen LogP) is 1.27. The third-order valence-electron chi connectivity index (χ3n) is 4.33. The third-order valence-corrected chi connectivity index (χ3v) is 4.33. The number of amides is 1. The Balaban J connectivity index is 1.66. The van der Waals surface area contributed by atoms with Crippen molar-refractivity contribution >= 4 is 5.91 Å². The summed E-state index contributed by atoms with van der Waals surface area (Å²) in [4.78, 5) is 14.5. The van der Waals surface area contributed by atoms with E-state index in [1.165, 1.54) is 5.57 Å². The third kappa shape index (κ3) is 2.45. The average Bonchev–Trinajstić information content (AvgIpc) is 2.89. The van der Waals surface area contributed by atoms with Crippen LogP contribution in [0.1, 0.15) is 12.8 Å². The van der Waals surface area contributed by atoms with Gasteiger partial charge in [-0.2, -0.15) is 0 Å². The first-order chi connectivity index (χ1) is 9.81. The normalized spacial score (nSPS) is 27.4. The Morgan fingerprint density at radius 1 is 1.50 bits per heavy atom. The van der Waals surface area contributed by atoms with Gasteiger partial charge >= 0.3 is 0 Å². The molecule has 0 radical (unpaired) electrons. The van der Waals surface area contributed by atoms with Gasteiger partial charge in [0.2, 0.25) is 0 Å². The molecule has 2 unspecified atom stereocenters. The van der Waals surface area contributed by atoms with Crippen molar-refractivity contribution in [1.29, 1.82) is 0 Å². The highest BCUT2D eigenvalue weighted by Gasteiger charge is 2.41. The van der Waals surface area contributed by atoms with Crippen LogP contribution < -0.4 is 5.32 Å². The molecule has 1 fully saturated rings. The van der Waals surface area contributed by atoms with Crippen molar-refractivity contribution in [2.75, 3.05) is 33.4 Å². The molecule has 3 rings (SSSR count). The number of carbonyl (C=O) groups is 1. The summed E-state index contributed by atoms with van der Waals surface area (Å²) in [6, 6.07) is 0.296. The van der Waals surface area contributed by atoms with Gasteiger partial charge in [-0.3, -0.25) is 4.79 Å². The molecule has 0 aromatic rings. The lowest BCUT2D eigenvalue weighted by atomic mass is 9.86. The first-order valence-corrected chi connectivity index (χ1v) is 7.41. The quantitative estimate of drug-likeness (QED) is 0.742. The van der Waals surface area contributed by atoms with Crippen LogP contribution in [0, 0.1) is 5.92 Å². The van der Waals surface area contributed by atoms with Crippen LogP contribution in [-0.4, -0.2) is 50.2 Å². The minimum atomic E-state index is 0.212. The van der Waals surface area contributed by atoms with Crippen molar-refractivity contribution in [3.05, 3.63) is 35.5 Å². The molecule has 0 spiro atoms. The molecule has 4 heteroatoms. The maximum absolute atomic E-state index is 12.5. The molecule has 3 aliphatic rings. The van der Waals surface area contributed by atoms with E-state index in [4.69, 9.17) is 4.74 Å². The Bertz CT molecular complexity index is 479. The van der Waals surface area contributed by atoms with Gasteiger partial charge in [0.05, 0.1) is 6.04 Å². The Morgan fingerprint density at radius 2 is 2.40 bits per heavy atom. The molecule has 0 bridgehead atoms. The van der Waals surface area contributed by atoms with E-state index in [0.29, 0.717) is 18.5 Å². The molecule has 1 amide bonds. The van der Waals surface area contributed by atoms with Gasteiger partial charge in [0.15, 0.2) is 0 Å². The van der Waals surface area contributed by atoms with E-state index >= 15 is 0 Å². The lowest BCUT2D eigenvalue weighted by molar-refractivity contribution is -0.128. The number of rotatable bonds is 6. The number of carbonyl (C=O) groups excluding carboxylic acids is 1. The highest BCUT2D eigenvalue weighted by Crippen LogP contribution is 2.37. The molecular weight excluding hydrogens is 252 g/mol. The largest absolute Gasteiger partial charge is 0.385 e. The second-order valence-corrected chi connectivity index (χ2v) is 5.64. The van der Waals surface area contributed by atoms with Crippen molar-refractivity contribution < 1.29 is 9.53 Å². The summed E-state index contributed by atoms with van der Waals surface area (Å²) in [7, 11) is 1.71. The minimum Gasteiger partial charge on any atom is -0.385 e. The number of hydrogen-bond acceptors (Lipinski definition) is 3. The van der Waals surface area contributed by atoms with Gasteiger partial charge in [0, 0.05) is 38.3 Å². The lowest BCUT2D eigenvalue weighted by Gasteiger charge is -2.34. The number of allylic oxidation sites excluding steroid dienone is 2. The molecule has 4 nitrogen and oxygen atoms in total. The molecular formula is C16H22N2O2. The van der Waals surface area contributed by atoms with Gasteiger partial charge in [-0.25, -0.2) is 0 Å². The van der Waals surface area contributed by atoms with Crippen LogP contribution in [0.15, 0.2) is 35.5 Å². The summed E-state index contributed by atoms with van der Waals surface area (Å²) in [6.45, 7) is 3.17. The number of nitrogens with one attached hydrogen (secondary N) is 1. The summed E-state index contributed by atoms with van der Waals surface area (Å²) >= 11 is 0. The van der Waals surface area contributed by atoms with E-state index < -0.39 is 0 Å². The van der Waals surface area contributed by atoms with Crippen LogP contribution in [0.5, 0.6) is 0 Å². The van der Waals surface area contributed by atoms with E-state index in [1.54, 1.807) is 7.11 Å². The number of hydrogen-bond donors (Lipinski definition) is 1. The fourth-order valence-corrected chi connectivity index (χ4v) is 3.35.